The number of carbonyl (C=O) groups excluding carboxylic acids is 2. The molecule has 15 heavy (non-hydrogen) atoms. The largest absolute Gasteiger partial charge is 0.493 e. The van der Waals surface area contributed by atoms with E-state index >= 15 is 0 Å². The second kappa shape index (κ2) is 5.07. The molecule has 0 spiro atoms. The lowest BCUT2D eigenvalue weighted by Crippen LogP contribution is -2.00. The number of benzene rings is 1. The van der Waals surface area contributed by atoms with Crippen molar-refractivity contribution in [2.24, 2.45) is 0 Å². The van der Waals surface area contributed by atoms with E-state index in [4.69, 9.17) is 4.74 Å². The Morgan fingerprint density at radius 3 is 2.67 bits per heavy atom. The lowest BCUT2D eigenvalue weighted by molar-refractivity contribution is 0.101. The third kappa shape index (κ3) is 2.65. The highest BCUT2D eigenvalue weighted by molar-refractivity contribution is 9.10. The van der Waals surface area contributed by atoms with Crippen LogP contribution in [-0.2, 0) is 0 Å². The van der Waals surface area contributed by atoms with Crippen LogP contribution in [0.25, 0.3) is 0 Å². The molecule has 0 aliphatic heterocycles. The SMILES string of the molecule is CCOc1cc(Br)c(C(C)=O)cc1C=O. The number of aldehydes is 1. The predicted molar refractivity (Wildman–Crippen MR) is 60.7 cm³/mol. The van der Waals surface area contributed by atoms with E-state index in [1.807, 2.05) is 6.92 Å². The molecule has 0 aromatic heterocycles. The first kappa shape index (κ1) is 11.9. The van der Waals surface area contributed by atoms with E-state index in [-0.39, 0.29) is 5.78 Å². The Morgan fingerprint density at radius 1 is 1.53 bits per heavy atom. The summed E-state index contributed by atoms with van der Waals surface area (Å²) >= 11 is 3.26. The Morgan fingerprint density at radius 2 is 2.20 bits per heavy atom. The molecule has 1 rings (SSSR count). The normalized spacial score (nSPS) is 9.80. The van der Waals surface area contributed by atoms with Crippen LogP contribution in [0.3, 0.4) is 0 Å². The summed E-state index contributed by atoms with van der Waals surface area (Å²) in [6.45, 7) is 3.77. The van der Waals surface area contributed by atoms with Crippen LogP contribution in [0.2, 0.25) is 0 Å². The van der Waals surface area contributed by atoms with Gasteiger partial charge in [0.15, 0.2) is 12.1 Å². The van der Waals surface area contributed by atoms with Crippen molar-refractivity contribution < 1.29 is 14.3 Å². The van der Waals surface area contributed by atoms with Crippen molar-refractivity contribution in [1.29, 1.82) is 0 Å². The van der Waals surface area contributed by atoms with Gasteiger partial charge in [0.2, 0.25) is 0 Å². The van der Waals surface area contributed by atoms with E-state index in [0.717, 1.165) is 0 Å². The second-order valence-electron chi connectivity index (χ2n) is 2.98. The standard InChI is InChI=1S/C11H11BrO3/c1-3-15-11-5-10(12)9(7(2)14)4-8(11)6-13/h4-6H,3H2,1-2H3. The summed E-state index contributed by atoms with van der Waals surface area (Å²) in [5, 5.41) is 0. The van der Waals surface area contributed by atoms with Gasteiger partial charge < -0.3 is 4.74 Å². The van der Waals surface area contributed by atoms with Gasteiger partial charge in [0.1, 0.15) is 5.75 Å². The topological polar surface area (TPSA) is 43.4 Å². The smallest absolute Gasteiger partial charge is 0.160 e. The summed E-state index contributed by atoms with van der Waals surface area (Å²) in [5.41, 5.74) is 0.880. The van der Waals surface area contributed by atoms with Crippen LogP contribution in [0.4, 0.5) is 0 Å². The van der Waals surface area contributed by atoms with E-state index in [1.165, 1.54) is 13.0 Å². The number of ether oxygens (including phenoxy) is 1. The quantitative estimate of drug-likeness (QED) is 0.624. The Kier molecular flexibility index (Phi) is 4.03. The fraction of sp³-hybridized carbons (Fsp3) is 0.273. The maximum Gasteiger partial charge on any atom is 0.160 e. The van der Waals surface area contributed by atoms with Crippen molar-refractivity contribution >= 4 is 28.0 Å². The molecule has 0 bridgehead atoms. The zero-order chi connectivity index (χ0) is 11.4. The van der Waals surface area contributed by atoms with Crippen LogP contribution in [0, 0.1) is 0 Å². The number of rotatable bonds is 4. The van der Waals surface area contributed by atoms with Crippen LogP contribution in [0.1, 0.15) is 34.6 Å². The first-order chi connectivity index (χ1) is 7.10. The molecule has 0 heterocycles. The van der Waals surface area contributed by atoms with Gasteiger partial charge in [0.05, 0.1) is 12.2 Å². The number of hydrogen-bond acceptors (Lipinski definition) is 3. The van der Waals surface area contributed by atoms with E-state index < -0.39 is 0 Å². The average Bonchev–Trinajstić information content (AvgIpc) is 2.18. The molecule has 0 unspecified atom stereocenters. The van der Waals surface area contributed by atoms with Crippen LogP contribution in [-0.4, -0.2) is 18.7 Å². The Bertz CT molecular complexity index is 399. The van der Waals surface area contributed by atoms with Crippen LogP contribution in [0.15, 0.2) is 16.6 Å². The van der Waals surface area contributed by atoms with Crippen LogP contribution in [0.5, 0.6) is 5.75 Å². The summed E-state index contributed by atoms with van der Waals surface area (Å²) in [6, 6.07) is 3.17. The molecule has 0 amide bonds. The minimum atomic E-state index is -0.0898. The van der Waals surface area contributed by atoms with Crippen molar-refractivity contribution in [2.75, 3.05) is 6.61 Å². The van der Waals surface area contributed by atoms with Crippen molar-refractivity contribution in [2.45, 2.75) is 13.8 Å². The Hall–Kier alpha value is -1.16. The van der Waals surface area contributed by atoms with Gasteiger partial charge in [0.25, 0.3) is 0 Å². The maximum absolute atomic E-state index is 11.2. The van der Waals surface area contributed by atoms with Crippen molar-refractivity contribution in [3.05, 3.63) is 27.7 Å². The molecule has 80 valence electrons. The lowest BCUT2D eigenvalue weighted by Gasteiger charge is -2.08. The maximum atomic E-state index is 11.2. The van der Waals surface area contributed by atoms with Crippen molar-refractivity contribution in [3.63, 3.8) is 0 Å². The lowest BCUT2D eigenvalue weighted by atomic mass is 10.1. The van der Waals surface area contributed by atoms with Crippen LogP contribution < -0.4 is 4.74 Å². The molecule has 0 radical (unpaired) electrons. The van der Waals surface area contributed by atoms with E-state index in [2.05, 4.69) is 15.9 Å². The monoisotopic (exact) mass is 270 g/mol. The first-order valence-electron chi connectivity index (χ1n) is 4.52. The van der Waals surface area contributed by atoms with Gasteiger partial charge in [-0.1, -0.05) is 0 Å². The minimum absolute atomic E-state index is 0.0898. The third-order valence-electron chi connectivity index (χ3n) is 1.91. The van der Waals surface area contributed by atoms with Gasteiger partial charge >= 0.3 is 0 Å². The summed E-state index contributed by atoms with van der Waals surface area (Å²) in [4.78, 5) is 22.0. The van der Waals surface area contributed by atoms with Gasteiger partial charge in [0, 0.05) is 10.0 Å². The van der Waals surface area contributed by atoms with E-state index in [9.17, 15) is 9.59 Å². The predicted octanol–water partition coefficient (Wildman–Crippen LogP) is 2.86. The molecule has 0 atom stereocenters. The highest BCUT2D eigenvalue weighted by Crippen LogP contribution is 2.27. The molecule has 0 saturated carbocycles. The number of ketones is 1. The van der Waals surface area contributed by atoms with Gasteiger partial charge in [-0.2, -0.15) is 0 Å². The summed E-state index contributed by atoms with van der Waals surface area (Å²) in [6.07, 6.45) is 0.684. The minimum Gasteiger partial charge on any atom is -0.493 e. The number of halogens is 1. The Balaban J connectivity index is 3.28. The van der Waals surface area contributed by atoms with E-state index in [1.54, 1.807) is 6.07 Å². The molecule has 1 aromatic rings. The van der Waals surface area contributed by atoms with Gasteiger partial charge in [-0.05, 0) is 41.9 Å². The average molecular weight is 271 g/mol. The summed E-state index contributed by atoms with van der Waals surface area (Å²) in [7, 11) is 0. The number of hydrogen-bond donors (Lipinski definition) is 0. The molecule has 3 nitrogen and oxygen atoms in total. The first-order valence-corrected chi connectivity index (χ1v) is 5.32. The molecule has 0 N–H and O–H groups in total. The Labute approximate surface area is 96.6 Å². The molecule has 4 heteroatoms. The molecule has 0 fully saturated rings. The van der Waals surface area contributed by atoms with Gasteiger partial charge in [-0.15, -0.1) is 0 Å². The van der Waals surface area contributed by atoms with E-state index in [0.29, 0.717) is 34.2 Å². The highest BCUT2D eigenvalue weighted by atomic mass is 79.9. The summed E-state index contributed by atoms with van der Waals surface area (Å²) in [5.74, 6) is 0.400. The van der Waals surface area contributed by atoms with Gasteiger partial charge in [-0.25, -0.2) is 0 Å². The van der Waals surface area contributed by atoms with Gasteiger partial charge in [-0.3, -0.25) is 9.59 Å². The molecule has 0 aliphatic rings. The molecule has 1 aromatic carbocycles. The molecular weight excluding hydrogens is 260 g/mol. The summed E-state index contributed by atoms with van der Waals surface area (Å²) < 4.78 is 5.91. The molecule has 0 saturated heterocycles. The fourth-order valence-corrected chi connectivity index (χ4v) is 1.82. The number of Topliss-reactive ketones (excluding diaryl/α,β-unsaturated/α-hetero) is 1. The zero-order valence-corrected chi connectivity index (χ0v) is 10.1. The van der Waals surface area contributed by atoms with Crippen LogP contribution >= 0.6 is 15.9 Å². The fourth-order valence-electron chi connectivity index (χ4n) is 1.21. The second-order valence-corrected chi connectivity index (χ2v) is 3.83. The number of carbonyl (C=O) groups is 2. The highest BCUT2D eigenvalue weighted by Gasteiger charge is 2.11. The zero-order valence-electron chi connectivity index (χ0n) is 8.54. The molecule has 0 aliphatic carbocycles. The van der Waals surface area contributed by atoms with Crippen molar-refractivity contribution in [1.82, 2.24) is 0 Å². The third-order valence-corrected chi connectivity index (χ3v) is 2.56. The molecular formula is C11H11BrO3. The van der Waals surface area contributed by atoms with Crippen molar-refractivity contribution in [3.8, 4) is 5.75 Å².